The fraction of sp³-hybridized carbons (Fsp3) is 0.583. The van der Waals surface area contributed by atoms with Gasteiger partial charge in [0.15, 0.2) is 0 Å². The number of amides is 1. The fourth-order valence-electron chi connectivity index (χ4n) is 2.67. The molecule has 1 unspecified atom stereocenters. The van der Waals surface area contributed by atoms with E-state index < -0.39 is 0 Å². The molecule has 1 fully saturated rings. The van der Waals surface area contributed by atoms with Crippen LogP contribution >= 0.6 is 0 Å². The zero-order valence-electron chi connectivity index (χ0n) is 10.3. The van der Waals surface area contributed by atoms with Gasteiger partial charge in [-0.3, -0.25) is 14.9 Å². The van der Waals surface area contributed by atoms with E-state index in [9.17, 15) is 14.9 Å². The van der Waals surface area contributed by atoms with Gasteiger partial charge in [0.25, 0.3) is 0 Å². The lowest BCUT2D eigenvalue weighted by molar-refractivity contribution is -0.429. The second-order valence-corrected chi connectivity index (χ2v) is 5.36. The smallest absolute Gasteiger partial charge is 0.246 e. The van der Waals surface area contributed by atoms with Gasteiger partial charge in [-0.1, -0.05) is 13.8 Å². The molecule has 0 aromatic heterocycles. The quantitative estimate of drug-likeness (QED) is 0.516. The molecule has 0 bridgehead atoms. The first-order chi connectivity index (χ1) is 7.83. The van der Waals surface area contributed by atoms with Crippen LogP contribution in [0.5, 0.6) is 0 Å². The van der Waals surface area contributed by atoms with E-state index in [0.717, 1.165) is 5.70 Å². The van der Waals surface area contributed by atoms with Crippen LogP contribution in [0, 0.1) is 21.4 Å². The number of allylic oxidation sites excluding steroid dienone is 4. The van der Waals surface area contributed by atoms with Crippen molar-refractivity contribution >= 4 is 5.91 Å². The zero-order valence-corrected chi connectivity index (χ0v) is 10.3. The van der Waals surface area contributed by atoms with Crippen molar-refractivity contribution in [2.45, 2.75) is 27.2 Å². The first-order valence-corrected chi connectivity index (χ1v) is 5.66. The summed E-state index contributed by atoms with van der Waals surface area (Å²) in [5.41, 5.74) is 1.05. The van der Waals surface area contributed by atoms with Gasteiger partial charge in [-0.25, -0.2) is 0 Å². The fourth-order valence-corrected chi connectivity index (χ4v) is 2.67. The lowest BCUT2D eigenvalue weighted by Crippen LogP contribution is -2.27. The topological polar surface area (TPSA) is 63.5 Å². The molecule has 0 aromatic rings. The number of rotatable bonds is 1. The maximum Gasteiger partial charge on any atom is 0.246 e. The minimum Gasteiger partial charge on any atom is -0.316 e. The van der Waals surface area contributed by atoms with E-state index in [0.29, 0.717) is 13.0 Å². The van der Waals surface area contributed by atoms with Crippen molar-refractivity contribution in [1.29, 1.82) is 0 Å². The molecule has 17 heavy (non-hydrogen) atoms. The Morgan fingerprint density at radius 2 is 2.18 bits per heavy atom. The summed E-state index contributed by atoms with van der Waals surface area (Å²) in [4.78, 5) is 23.7. The molecule has 2 rings (SSSR count). The van der Waals surface area contributed by atoms with Gasteiger partial charge >= 0.3 is 0 Å². The van der Waals surface area contributed by atoms with Crippen LogP contribution in [-0.4, -0.2) is 22.3 Å². The van der Waals surface area contributed by atoms with E-state index in [4.69, 9.17) is 0 Å². The Hall–Kier alpha value is -1.65. The van der Waals surface area contributed by atoms with Gasteiger partial charge in [0.2, 0.25) is 11.6 Å². The molecule has 5 nitrogen and oxygen atoms in total. The lowest BCUT2D eigenvalue weighted by Gasteiger charge is -2.25. The SMILES string of the molecule is CC(=O)N1CC(C)(C)C2CC([N+](=O)[O-])=CC=C21. The zero-order chi connectivity index (χ0) is 12.8. The Morgan fingerprint density at radius 3 is 2.71 bits per heavy atom. The molecule has 0 aromatic carbocycles. The minimum atomic E-state index is -0.334. The number of nitro groups is 1. The molecule has 0 spiro atoms. The molecule has 0 radical (unpaired) electrons. The Bertz CT molecular complexity index is 449. The predicted molar refractivity (Wildman–Crippen MR) is 62.4 cm³/mol. The predicted octanol–water partition coefficient (Wildman–Crippen LogP) is 1.94. The molecule has 5 heteroatoms. The second kappa shape index (κ2) is 3.68. The molecule has 0 N–H and O–H groups in total. The maximum absolute atomic E-state index is 11.5. The van der Waals surface area contributed by atoms with E-state index >= 15 is 0 Å². The van der Waals surface area contributed by atoms with Crippen LogP contribution in [0.25, 0.3) is 0 Å². The van der Waals surface area contributed by atoms with Crippen LogP contribution in [0.1, 0.15) is 27.2 Å². The Balaban J connectivity index is 2.39. The summed E-state index contributed by atoms with van der Waals surface area (Å²) in [6.45, 7) is 6.28. The summed E-state index contributed by atoms with van der Waals surface area (Å²) in [5.74, 6) is 0.0709. The van der Waals surface area contributed by atoms with Crippen LogP contribution in [0.2, 0.25) is 0 Å². The third-order valence-electron chi connectivity index (χ3n) is 3.65. The molecule has 1 atom stereocenters. The van der Waals surface area contributed by atoms with Crippen LogP contribution in [-0.2, 0) is 4.79 Å². The van der Waals surface area contributed by atoms with Crippen molar-refractivity contribution < 1.29 is 9.72 Å². The number of carbonyl (C=O) groups is 1. The van der Waals surface area contributed by atoms with Crippen molar-refractivity contribution in [2.75, 3.05) is 6.54 Å². The average molecular weight is 236 g/mol. The summed E-state index contributed by atoms with van der Waals surface area (Å²) in [7, 11) is 0. The molecule has 1 amide bonds. The molecule has 1 heterocycles. The highest BCUT2D eigenvalue weighted by Crippen LogP contribution is 2.47. The van der Waals surface area contributed by atoms with E-state index in [2.05, 4.69) is 13.8 Å². The van der Waals surface area contributed by atoms with E-state index in [1.54, 1.807) is 11.0 Å². The van der Waals surface area contributed by atoms with E-state index in [1.165, 1.54) is 13.0 Å². The van der Waals surface area contributed by atoms with Crippen LogP contribution in [0.4, 0.5) is 0 Å². The molecular weight excluding hydrogens is 220 g/mol. The number of carbonyl (C=O) groups excluding carboxylic acids is 1. The van der Waals surface area contributed by atoms with E-state index in [1.807, 2.05) is 0 Å². The molecule has 0 saturated carbocycles. The summed E-state index contributed by atoms with van der Waals surface area (Å²) >= 11 is 0. The standard InChI is InChI=1S/C12H16N2O3/c1-8(15)13-7-12(2,3)10-6-9(14(16)17)4-5-11(10)13/h4-5,10H,6-7H2,1-3H3. The van der Waals surface area contributed by atoms with Crippen molar-refractivity contribution in [3.05, 3.63) is 33.7 Å². The highest BCUT2D eigenvalue weighted by molar-refractivity contribution is 5.76. The molecule has 92 valence electrons. The van der Waals surface area contributed by atoms with Gasteiger partial charge in [0.05, 0.1) is 4.92 Å². The highest BCUT2D eigenvalue weighted by atomic mass is 16.6. The van der Waals surface area contributed by atoms with Gasteiger partial charge in [0.1, 0.15) is 0 Å². The van der Waals surface area contributed by atoms with Crippen LogP contribution in [0.15, 0.2) is 23.5 Å². The van der Waals surface area contributed by atoms with Gasteiger partial charge in [-0.05, 0) is 11.5 Å². The van der Waals surface area contributed by atoms with Crippen molar-refractivity contribution in [2.24, 2.45) is 11.3 Å². The van der Waals surface area contributed by atoms with Gasteiger partial charge in [-0.2, -0.15) is 0 Å². The van der Waals surface area contributed by atoms with Gasteiger partial charge in [-0.15, -0.1) is 0 Å². The normalized spacial score (nSPS) is 26.1. The first-order valence-electron chi connectivity index (χ1n) is 5.66. The number of fused-ring (bicyclic) bond motifs is 1. The Kier molecular flexibility index (Phi) is 2.56. The van der Waals surface area contributed by atoms with E-state index in [-0.39, 0.29) is 27.9 Å². The number of likely N-dealkylation sites (tertiary alicyclic amines) is 1. The molecular formula is C12H16N2O3. The lowest BCUT2D eigenvalue weighted by atomic mass is 9.76. The molecule has 2 aliphatic rings. The highest BCUT2D eigenvalue weighted by Gasteiger charge is 2.46. The van der Waals surface area contributed by atoms with Gasteiger partial charge < -0.3 is 4.90 Å². The average Bonchev–Trinajstić information content (AvgIpc) is 2.51. The monoisotopic (exact) mass is 236 g/mol. The maximum atomic E-state index is 11.5. The largest absolute Gasteiger partial charge is 0.316 e. The third kappa shape index (κ3) is 1.85. The number of hydrogen-bond acceptors (Lipinski definition) is 3. The summed E-state index contributed by atoms with van der Waals surface area (Å²) in [5, 5.41) is 10.8. The molecule has 1 aliphatic heterocycles. The first kappa shape index (κ1) is 11.8. The summed E-state index contributed by atoms with van der Waals surface area (Å²) in [6.07, 6.45) is 3.65. The van der Waals surface area contributed by atoms with Crippen LogP contribution < -0.4 is 0 Å². The second-order valence-electron chi connectivity index (χ2n) is 5.36. The number of hydrogen-bond donors (Lipinski definition) is 0. The summed E-state index contributed by atoms with van der Waals surface area (Å²) < 4.78 is 0. The van der Waals surface area contributed by atoms with Crippen molar-refractivity contribution in [3.8, 4) is 0 Å². The molecule has 1 saturated heterocycles. The van der Waals surface area contributed by atoms with Gasteiger partial charge in [0, 0.05) is 37.6 Å². The Labute approximate surface area is 99.9 Å². The van der Waals surface area contributed by atoms with Crippen LogP contribution in [0.3, 0.4) is 0 Å². The number of nitrogens with zero attached hydrogens (tertiary/aromatic N) is 2. The van der Waals surface area contributed by atoms with Crippen molar-refractivity contribution in [3.63, 3.8) is 0 Å². The molecule has 1 aliphatic carbocycles. The van der Waals surface area contributed by atoms with Crippen molar-refractivity contribution in [1.82, 2.24) is 4.90 Å². The third-order valence-corrected chi connectivity index (χ3v) is 3.65. The Morgan fingerprint density at radius 1 is 1.53 bits per heavy atom. The minimum absolute atomic E-state index is 0.00442. The summed E-state index contributed by atoms with van der Waals surface area (Å²) in [6, 6.07) is 0.